The molecule has 106 valence electrons. The first-order valence-corrected chi connectivity index (χ1v) is 5.83. The molecule has 0 aromatic carbocycles. The van der Waals surface area contributed by atoms with Crippen LogP contribution in [0, 0.1) is 0 Å². The Labute approximate surface area is 112 Å². The van der Waals surface area contributed by atoms with Crippen LogP contribution >= 0.6 is 0 Å². The van der Waals surface area contributed by atoms with E-state index in [1.54, 1.807) is 26.5 Å². The Hall–Kier alpha value is -2.02. The summed E-state index contributed by atoms with van der Waals surface area (Å²) < 4.78 is 10.5. The fraction of sp³-hybridized carbons (Fsp3) is 0.500. The van der Waals surface area contributed by atoms with E-state index in [0.717, 1.165) is 5.69 Å². The number of nitrogens with two attached hydrogens (primary N) is 1. The fourth-order valence-electron chi connectivity index (χ4n) is 1.65. The van der Waals surface area contributed by atoms with E-state index < -0.39 is 0 Å². The molecule has 0 aliphatic carbocycles. The van der Waals surface area contributed by atoms with Crippen LogP contribution in [-0.4, -0.2) is 48.7 Å². The van der Waals surface area contributed by atoms with Crippen LogP contribution in [0.2, 0.25) is 0 Å². The predicted molar refractivity (Wildman–Crippen MR) is 71.7 cm³/mol. The maximum atomic E-state index is 8.48. The minimum atomic E-state index is 0.206. The molecule has 3 N–H and O–H groups in total. The average Bonchev–Trinajstić information content (AvgIpc) is 2.44. The van der Waals surface area contributed by atoms with Crippen molar-refractivity contribution in [2.75, 3.05) is 27.8 Å². The lowest BCUT2D eigenvalue weighted by molar-refractivity contribution is 0.301. The van der Waals surface area contributed by atoms with Crippen LogP contribution in [0.1, 0.15) is 12.1 Å². The monoisotopic (exact) mass is 268 g/mol. The number of ether oxygens (including phenoxy) is 2. The van der Waals surface area contributed by atoms with E-state index in [1.807, 2.05) is 11.9 Å². The van der Waals surface area contributed by atoms with Gasteiger partial charge in [0.2, 0.25) is 0 Å². The Morgan fingerprint density at radius 3 is 2.79 bits per heavy atom. The average molecular weight is 268 g/mol. The van der Waals surface area contributed by atoms with Gasteiger partial charge in [0, 0.05) is 31.8 Å². The summed E-state index contributed by atoms with van der Waals surface area (Å²) in [4.78, 5) is 6.29. The van der Waals surface area contributed by atoms with E-state index >= 15 is 0 Å². The van der Waals surface area contributed by atoms with Gasteiger partial charge in [0.25, 0.3) is 0 Å². The number of nitrogens with zero attached hydrogens (tertiary/aromatic N) is 3. The van der Waals surface area contributed by atoms with E-state index in [2.05, 4.69) is 10.1 Å². The minimum Gasteiger partial charge on any atom is -0.493 e. The molecule has 0 saturated carbocycles. The maximum absolute atomic E-state index is 8.48. The third-order valence-electron chi connectivity index (χ3n) is 2.66. The molecule has 1 heterocycles. The van der Waals surface area contributed by atoms with Crippen molar-refractivity contribution in [3.63, 3.8) is 0 Å². The molecule has 0 bridgehead atoms. The minimum absolute atomic E-state index is 0.206. The molecule has 0 atom stereocenters. The van der Waals surface area contributed by atoms with Gasteiger partial charge in [0.15, 0.2) is 11.5 Å². The molecule has 1 rings (SSSR count). The highest BCUT2D eigenvalue weighted by atomic mass is 16.5. The maximum Gasteiger partial charge on any atom is 0.183 e. The topological polar surface area (TPSA) is 93.2 Å². The summed E-state index contributed by atoms with van der Waals surface area (Å²) in [5.74, 6) is 1.48. The van der Waals surface area contributed by atoms with Gasteiger partial charge in [-0.3, -0.25) is 9.88 Å². The van der Waals surface area contributed by atoms with Crippen LogP contribution in [0.15, 0.2) is 17.4 Å². The Bertz CT molecular complexity index is 437. The van der Waals surface area contributed by atoms with E-state index in [1.165, 1.54) is 0 Å². The summed E-state index contributed by atoms with van der Waals surface area (Å²) >= 11 is 0. The molecular weight excluding hydrogens is 248 g/mol. The first-order valence-electron chi connectivity index (χ1n) is 5.83. The lowest BCUT2D eigenvalue weighted by atomic mass is 10.2. The number of methoxy groups -OCH3 is 2. The van der Waals surface area contributed by atoms with Gasteiger partial charge in [-0.05, 0) is 7.05 Å². The summed E-state index contributed by atoms with van der Waals surface area (Å²) in [6.07, 6.45) is 2.16. The second-order valence-electron chi connectivity index (χ2n) is 4.07. The summed E-state index contributed by atoms with van der Waals surface area (Å²) in [5.41, 5.74) is 6.21. The molecule has 0 amide bonds. The van der Waals surface area contributed by atoms with Gasteiger partial charge in [-0.1, -0.05) is 5.16 Å². The van der Waals surface area contributed by atoms with Gasteiger partial charge < -0.3 is 20.4 Å². The van der Waals surface area contributed by atoms with Crippen molar-refractivity contribution in [1.29, 1.82) is 0 Å². The molecule has 0 radical (unpaired) electrons. The Balaban J connectivity index is 2.71. The van der Waals surface area contributed by atoms with Crippen LogP contribution in [-0.2, 0) is 6.54 Å². The van der Waals surface area contributed by atoms with Crippen LogP contribution in [0.5, 0.6) is 11.5 Å². The Morgan fingerprint density at radius 1 is 1.47 bits per heavy atom. The quantitative estimate of drug-likeness (QED) is 0.327. The molecular formula is C12H20N4O3. The molecule has 0 aliphatic heterocycles. The Kier molecular flexibility index (Phi) is 5.87. The Morgan fingerprint density at radius 2 is 2.21 bits per heavy atom. The molecule has 7 nitrogen and oxygen atoms in total. The highest BCUT2D eigenvalue weighted by molar-refractivity contribution is 5.79. The highest BCUT2D eigenvalue weighted by Gasteiger charge is 2.13. The number of rotatable bonds is 7. The van der Waals surface area contributed by atoms with Crippen molar-refractivity contribution in [2.24, 2.45) is 10.9 Å². The predicted octanol–water partition coefficient (Wildman–Crippen LogP) is 0.667. The van der Waals surface area contributed by atoms with Gasteiger partial charge in [-0.25, -0.2) is 0 Å². The third-order valence-corrected chi connectivity index (χ3v) is 2.66. The van der Waals surface area contributed by atoms with Gasteiger partial charge in [0.1, 0.15) is 11.5 Å². The zero-order valence-electron chi connectivity index (χ0n) is 11.5. The van der Waals surface area contributed by atoms with Crippen LogP contribution < -0.4 is 15.2 Å². The third kappa shape index (κ3) is 4.29. The van der Waals surface area contributed by atoms with E-state index in [4.69, 9.17) is 20.4 Å². The zero-order valence-corrected chi connectivity index (χ0v) is 11.5. The number of pyridine rings is 1. The SMILES string of the molecule is COc1ccnc(CN(C)CC/C(N)=N/O)c1OC. The molecule has 0 spiro atoms. The number of aromatic nitrogens is 1. The fourth-order valence-corrected chi connectivity index (χ4v) is 1.65. The van der Waals surface area contributed by atoms with Crippen LogP contribution in [0.25, 0.3) is 0 Å². The van der Waals surface area contributed by atoms with Crippen LogP contribution in [0.3, 0.4) is 0 Å². The lowest BCUT2D eigenvalue weighted by Crippen LogP contribution is -2.25. The second kappa shape index (κ2) is 7.42. The number of hydrogen-bond acceptors (Lipinski definition) is 6. The molecule has 7 heteroatoms. The number of oxime groups is 1. The molecule has 0 unspecified atom stereocenters. The van der Waals surface area contributed by atoms with Crippen molar-refractivity contribution in [2.45, 2.75) is 13.0 Å². The molecule has 1 aromatic rings. The first-order chi connectivity index (χ1) is 9.12. The molecule has 1 aromatic heterocycles. The van der Waals surface area contributed by atoms with E-state index in [0.29, 0.717) is 31.0 Å². The van der Waals surface area contributed by atoms with Gasteiger partial charge in [-0.2, -0.15) is 0 Å². The summed E-state index contributed by atoms with van der Waals surface area (Å²) in [6.45, 7) is 1.23. The van der Waals surface area contributed by atoms with E-state index in [-0.39, 0.29) is 5.84 Å². The van der Waals surface area contributed by atoms with Gasteiger partial charge >= 0.3 is 0 Å². The first kappa shape index (κ1) is 15.0. The number of amidine groups is 1. The standard InChI is InChI=1S/C12H20N4O3/c1-16(7-5-11(13)15-17)8-9-12(19-3)10(18-2)4-6-14-9/h4,6,17H,5,7-8H2,1-3H3,(H2,13,15). The van der Waals surface area contributed by atoms with Crippen molar-refractivity contribution in [3.8, 4) is 11.5 Å². The summed E-state index contributed by atoms with van der Waals surface area (Å²) in [6, 6.07) is 1.75. The van der Waals surface area contributed by atoms with Crippen molar-refractivity contribution >= 4 is 5.84 Å². The molecule has 0 saturated heterocycles. The summed E-state index contributed by atoms with van der Waals surface area (Å²) in [7, 11) is 5.09. The smallest absolute Gasteiger partial charge is 0.183 e. The van der Waals surface area contributed by atoms with Crippen molar-refractivity contribution in [1.82, 2.24) is 9.88 Å². The molecule has 0 aliphatic rings. The normalized spacial score (nSPS) is 11.7. The highest BCUT2D eigenvalue weighted by Crippen LogP contribution is 2.29. The van der Waals surface area contributed by atoms with E-state index in [9.17, 15) is 0 Å². The largest absolute Gasteiger partial charge is 0.493 e. The van der Waals surface area contributed by atoms with Crippen molar-refractivity contribution < 1.29 is 14.7 Å². The van der Waals surface area contributed by atoms with Crippen molar-refractivity contribution in [3.05, 3.63) is 18.0 Å². The zero-order chi connectivity index (χ0) is 14.3. The van der Waals surface area contributed by atoms with Gasteiger partial charge in [-0.15, -0.1) is 0 Å². The molecule has 0 fully saturated rings. The second-order valence-corrected chi connectivity index (χ2v) is 4.07. The number of hydrogen-bond donors (Lipinski definition) is 2. The van der Waals surface area contributed by atoms with Gasteiger partial charge in [0.05, 0.1) is 14.2 Å². The van der Waals surface area contributed by atoms with Crippen LogP contribution in [0.4, 0.5) is 0 Å². The lowest BCUT2D eigenvalue weighted by Gasteiger charge is -2.18. The molecule has 19 heavy (non-hydrogen) atoms. The summed E-state index contributed by atoms with van der Waals surface area (Å²) in [5, 5.41) is 11.4.